The summed E-state index contributed by atoms with van der Waals surface area (Å²) in [5, 5.41) is 14.5. The maximum atomic E-state index is 14.6. The first kappa shape index (κ1) is 18.7. The van der Waals surface area contributed by atoms with E-state index >= 15 is 0 Å². The average molecular weight is 396 g/mol. The molecule has 0 saturated heterocycles. The van der Waals surface area contributed by atoms with Gasteiger partial charge in [0.15, 0.2) is 5.82 Å². The minimum absolute atomic E-state index is 0.0654. The van der Waals surface area contributed by atoms with E-state index in [1.54, 1.807) is 20.2 Å². The molecular formula is C20H18F2N6O. The van der Waals surface area contributed by atoms with Crippen molar-refractivity contribution in [3.63, 3.8) is 0 Å². The number of rotatable bonds is 5. The average Bonchev–Trinajstić information content (AvgIpc) is 3.28. The molecule has 0 atom stereocenters. The number of carbonyl (C=O) groups excluding carboxylic acids is 1. The Morgan fingerprint density at radius 1 is 1.21 bits per heavy atom. The predicted molar refractivity (Wildman–Crippen MR) is 103 cm³/mol. The van der Waals surface area contributed by atoms with Gasteiger partial charge in [-0.1, -0.05) is 6.07 Å². The molecule has 2 N–H and O–H groups in total. The van der Waals surface area contributed by atoms with Crippen molar-refractivity contribution >= 4 is 16.8 Å². The fraction of sp³-hybridized carbons (Fsp3) is 0.200. The summed E-state index contributed by atoms with van der Waals surface area (Å²) >= 11 is 0. The van der Waals surface area contributed by atoms with Gasteiger partial charge < -0.3 is 5.32 Å². The summed E-state index contributed by atoms with van der Waals surface area (Å²) in [6.45, 7) is 2.09. The number of aromatic nitrogens is 5. The van der Waals surface area contributed by atoms with Gasteiger partial charge in [-0.05, 0) is 36.8 Å². The van der Waals surface area contributed by atoms with Crippen LogP contribution in [0.15, 0.2) is 36.5 Å². The van der Waals surface area contributed by atoms with Crippen LogP contribution >= 0.6 is 0 Å². The van der Waals surface area contributed by atoms with Crippen molar-refractivity contribution < 1.29 is 13.6 Å². The SMILES string of the molecule is CCNC(=O)c1cc(F)c(-c2nc(Cc3ccc4[nH]ncc4c3)n(C)n2)c(F)c1. The van der Waals surface area contributed by atoms with Crippen LogP contribution in [0.2, 0.25) is 0 Å². The molecule has 0 spiro atoms. The number of benzene rings is 2. The highest BCUT2D eigenvalue weighted by Crippen LogP contribution is 2.26. The van der Waals surface area contributed by atoms with Crippen molar-refractivity contribution in [2.75, 3.05) is 6.54 Å². The Morgan fingerprint density at radius 2 is 1.97 bits per heavy atom. The van der Waals surface area contributed by atoms with Crippen LogP contribution in [0.3, 0.4) is 0 Å². The van der Waals surface area contributed by atoms with Crippen LogP contribution in [0.4, 0.5) is 8.78 Å². The highest BCUT2D eigenvalue weighted by molar-refractivity contribution is 5.94. The molecule has 1 amide bonds. The molecule has 2 heterocycles. The molecule has 0 radical (unpaired) electrons. The van der Waals surface area contributed by atoms with Crippen LogP contribution in [-0.2, 0) is 13.5 Å². The summed E-state index contributed by atoms with van der Waals surface area (Å²) in [5.41, 5.74) is 1.44. The zero-order chi connectivity index (χ0) is 20.5. The molecule has 9 heteroatoms. The fourth-order valence-corrected chi connectivity index (χ4v) is 3.14. The van der Waals surface area contributed by atoms with E-state index in [2.05, 4.69) is 25.6 Å². The van der Waals surface area contributed by atoms with Gasteiger partial charge in [0, 0.05) is 31.0 Å². The molecule has 2 aromatic carbocycles. The van der Waals surface area contributed by atoms with Gasteiger partial charge in [-0.15, -0.1) is 0 Å². The van der Waals surface area contributed by atoms with Crippen molar-refractivity contribution in [1.82, 2.24) is 30.3 Å². The fourth-order valence-electron chi connectivity index (χ4n) is 3.14. The number of aryl methyl sites for hydroxylation is 1. The number of aromatic amines is 1. The second kappa shape index (κ2) is 7.42. The highest BCUT2D eigenvalue weighted by atomic mass is 19.1. The van der Waals surface area contributed by atoms with E-state index < -0.39 is 17.5 Å². The van der Waals surface area contributed by atoms with Gasteiger partial charge in [0.2, 0.25) is 0 Å². The molecule has 4 rings (SSSR count). The van der Waals surface area contributed by atoms with Gasteiger partial charge in [-0.3, -0.25) is 14.6 Å². The van der Waals surface area contributed by atoms with E-state index in [1.165, 1.54) is 4.68 Å². The van der Waals surface area contributed by atoms with E-state index in [0.29, 0.717) is 18.8 Å². The Hall–Kier alpha value is -3.62. The zero-order valence-electron chi connectivity index (χ0n) is 15.8. The smallest absolute Gasteiger partial charge is 0.251 e. The lowest BCUT2D eigenvalue weighted by Gasteiger charge is -2.06. The quantitative estimate of drug-likeness (QED) is 0.543. The van der Waals surface area contributed by atoms with E-state index in [0.717, 1.165) is 28.6 Å². The minimum Gasteiger partial charge on any atom is -0.352 e. The predicted octanol–water partition coefficient (Wildman–Crippen LogP) is 2.98. The second-order valence-electron chi connectivity index (χ2n) is 6.62. The Kier molecular flexibility index (Phi) is 4.79. The summed E-state index contributed by atoms with van der Waals surface area (Å²) in [7, 11) is 1.67. The number of nitrogens with zero attached hydrogens (tertiary/aromatic N) is 4. The molecule has 2 aromatic heterocycles. The first-order valence-electron chi connectivity index (χ1n) is 9.05. The monoisotopic (exact) mass is 396 g/mol. The Bertz CT molecular complexity index is 1190. The van der Waals surface area contributed by atoms with Gasteiger partial charge in [0.25, 0.3) is 5.91 Å². The maximum Gasteiger partial charge on any atom is 0.251 e. The molecule has 148 valence electrons. The lowest BCUT2D eigenvalue weighted by Crippen LogP contribution is -2.23. The minimum atomic E-state index is -0.886. The summed E-state index contributed by atoms with van der Waals surface area (Å²) in [6.07, 6.45) is 2.16. The topological polar surface area (TPSA) is 88.5 Å². The van der Waals surface area contributed by atoms with Crippen molar-refractivity contribution in [3.8, 4) is 11.4 Å². The second-order valence-corrected chi connectivity index (χ2v) is 6.62. The number of amides is 1. The molecule has 0 fully saturated rings. The molecule has 0 unspecified atom stereocenters. The van der Waals surface area contributed by atoms with Crippen LogP contribution in [0.25, 0.3) is 22.3 Å². The molecule has 7 nitrogen and oxygen atoms in total. The number of hydrogen-bond acceptors (Lipinski definition) is 4. The Labute approximate surface area is 164 Å². The number of hydrogen-bond donors (Lipinski definition) is 2. The number of halogens is 2. The van der Waals surface area contributed by atoms with Crippen molar-refractivity contribution in [2.45, 2.75) is 13.3 Å². The molecule has 0 bridgehead atoms. The van der Waals surface area contributed by atoms with Crippen LogP contribution in [0.5, 0.6) is 0 Å². The number of H-pyrrole nitrogens is 1. The van der Waals surface area contributed by atoms with Crippen LogP contribution in [0.1, 0.15) is 28.7 Å². The summed E-state index contributed by atoms with van der Waals surface area (Å²) in [4.78, 5) is 16.2. The van der Waals surface area contributed by atoms with Gasteiger partial charge in [0.1, 0.15) is 17.5 Å². The molecular weight excluding hydrogens is 378 g/mol. The van der Waals surface area contributed by atoms with Crippen molar-refractivity contribution in [3.05, 3.63) is 65.1 Å². The Balaban J connectivity index is 1.66. The molecule has 0 aliphatic carbocycles. The highest BCUT2D eigenvalue weighted by Gasteiger charge is 2.21. The molecule has 0 aliphatic heterocycles. The van der Waals surface area contributed by atoms with E-state index in [-0.39, 0.29) is 17.0 Å². The zero-order valence-corrected chi connectivity index (χ0v) is 15.8. The van der Waals surface area contributed by atoms with Gasteiger partial charge in [-0.2, -0.15) is 10.2 Å². The van der Waals surface area contributed by atoms with E-state index in [1.807, 2.05) is 18.2 Å². The summed E-state index contributed by atoms with van der Waals surface area (Å²) in [6, 6.07) is 7.79. The van der Waals surface area contributed by atoms with Crippen molar-refractivity contribution in [1.29, 1.82) is 0 Å². The third-order valence-corrected chi connectivity index (χ3v) is 4.59. The van der Waals surface area contributed by atoms with Crippen LogP contribution in [-0.4, -0.2) is 37.4 Å². The third kappa shape index (κ3) is 3.58. The number of nitrogens with one attached hydrogen (secondary N) is 2. The van der Waals surface area contributed by atoms with Crippen LogP contribution < -0.4 is 5.32 Å². The van der Waals surface area contributed by atoms with E-state index in [4.69, 9.17) is 0 Å². The molecule has 0 aliphatic rings. The molecule has 0 saturated carbocycles. The largest absolute Gasteiger partial charge is 0.352 e. The molecule has 29 heavy (non-hydrogen) atoms. The number of carbonyl (C=O) groups is 1. The Morgan fingerprint density at radius 3 is 2.69 bits per heavy atom. The van der Waals surface area contributed by atoms with E-state index in [9.17, 15) is 13.6 Å². The summed E-state index contributed by atoms with van der Waals surface area (Å²) in [5.74, 6) is -1.83. The van der Waals surface area contributed by atoms with Crippen molar-refractivity contribution in [2.24, 2.45) is 7.05 Å². The lowest BCUT2D eigenvalue weighted by molar-refractivity contribution is 0.0955. The normalized spacial score (nSPS) is 11.2. The molecule has 4 aromatic rings. The first-order valence-corrected chi connectivity index (χ1v) is 9.05. The first-order chi connectivity index (χ1) is 14.0. The van der Waals surface area contributed by atoms with Gasteiger partial charge in [-0.25, -0.2) is 13.8 Å². The lowest BCUT2D eigenvalue weighted by atomic mass is 10.1. The van der Waals surface area contributed by atoms with Gasteiger partial charge >= 0.3 is 0 Å². The maximum absolute atomic E-state index is 14.6. The standard InChI is InChI=1S/C20H18F2N6O/c1-3-23-20(29)12-8-14(21)18(15(22)9-12)19-25-17(28(2)27-19)7-11-4-5-16-13(6-11)10-24-26-16/h4-6,8-10H,3,7H2,1-2H3,(H,23,29)(H,24,26). The van der Waals surface area contributed by atoms with Gasteiger partial charge in [0.05, 0.1) is 17.3 Å². The third-order valence-electron chi connectivity index (χ3n) is 4.59. The summed E-state index contributed by atoms with van der Waals surface area (Å²) < 4.78 is 30.7. The number of fused-ring (bicyclic) bond motifs is 1. The van der Waals surface area contributed by atoms with Crippen LogP contribution in [0, 0.1) is 11.6 Å².